The van der Waals surface area contributed by atoms with Crippen molar-refractivity contribution in [2.24, 2.45) is 5.41 Å². The standard InChI is InChI=1S/C30H36ClN3O7/c1-5-39-22-18-23(35)41-27(22)33-29(38)34(16-9-10-17-34)28(37)25(30(2,3)4)32-26(36)20-14-11-15-21(24(20)31)40-19-12-7-6-8-13-19/h6-8,11-15,22,25,27H,5,9-10,16-18H2,1-4H3,(H-,32,33,36,38)/p+1/t22-,25+,27+/m0/s1. The molecule has 4 amide bonds. The number of rotatable bonds is 8. The van der Waals surface area contributed by atoms with E-state index >= 15 is 0 Å². The average molecular weight is 587 g/mol. The number of hydrogen-bond donors (Lipinski definition) is 2. The van der Waals surface area contributed by atoms with Gasteiger partial charge < -0.3 is 19.5 Å². The second-order valence-electron chi connectivity index (χ2n) is 11.3. The number of hydrogen-bond acceptors (Lipinski definition) is 7. The van der Waals surface area contributed by atoms with Crippen LogP contribution in [-0.2, 0) is 19.1 Å². The lowest BCUT2D eigenvalue weighted by Gasteiger charge is -2.37. The first-order valence-corrected chi connectivity index (χ1v) is 14.2. The zero-order valence-corrected chi connectivity index (χ0v) is 24.5. The normalized spacial score (nSPS) is 20.7. The van der Waals surface area contributed by atoms with Crippen molar-refractivity contribution in [2.75, 3.05) is 19.7 Å². The van der Waals surface area contributed by atoms with E-state index in [-0.39, 0.29) is 30.1 Å². The number of benzene rings is 2. The highest BCUT2D eigenvalue weighted by atomic mass is 35.5. The Balaban J connectivity index is 1.57. The van der Waals surface area contributed by atoms with E-state index in [0.717, 1.165) is 0 Å². The van der Waals surface area contributed by atoms with Gasteiger partial charge in [0.15, 0.2) is 6.04 Å². The number of nitrogens with one attached hydrogen (secondary N) is 2. The lowest BCUT2D eigenvalue weighted by Crippen LogP contribution is -2.68. The maximum Gasteiger partial charge on any atom is 0.427 e. The predicted molar refractivity (Wildman–Crippen MR) is 151 cm³/mol. The zero-order chi connectivity index (χ0) is 29.8. The second kappa shape index (κ2) is 12.6. The summed E-state index contributed by atoms with van der Waals surface area (Å²) in [7, 11) is 0. The number of cyclic esters (lactones) is 1. The fourth-order valence-electron chi connectivity index (χ4n) is 5.15. The number of para-hydroxylation sites is 1. The first kappa shape index (κ1) is 30.5. The highest BCUT2D eigenvalue weighted by molar-refractivity contribution is 6.35. The molecule has 0 bridgehead atoms. The van der Waals surface area contributed by atoms with Gasteiger partial charge in [-0.3, -0.25) is 14.9 Å². The van der Waals surface area contributed by atoms with E-state index < -0.39 is 52.1 Å². The van der Waals surface area contributed by atoms with Crippen LogP contribution in [0.2, 0.25) is 5.02 Å². The van der Waals surface area contributed by atoms with Gasteiger partial charge in [0, 0.05) is 19.4 Å². The van der Waals surface area contributed by atoms with Crippen molar-refractivity contribution in [3.63, 3.8) is 0 Å². The summed E-state index contributed by atoms with van der Waals surface area (Å²) < 4.78 is 16.2. The third kappa shape index (κ3) is 6.72. The minimum Gasteiger partial charge on any atom is -0.456 e. The van der Waals surface area contributed by atoms with Gasteiger partial charge in [0.05, 0.1) is 30.1 Å². The molecular formula is C30H37ClN3O7+. The van der Waals surface area contributed by atoms with Crippen molar-refractivity contribution in [3.8, 4) is 11.5 Å². The van der Waals surface area contributed by atoms with Gasteiger partial charge in [-0.05, 0) is 36.6 Å². The Hall–Kier alpha value is -3.47. The molecule has 0 unspecified atom stereocenters. The van der Waals surface area contributed by atoms with Crippen molar-refractivity contribution in [1.29, 1.82) is 0 Å². The van der Waals surface area contributed by atoms with Crippen molar-refractivity contribution in [2.45, 2.75) is 65.3 Å². The number of halogens is 1. The smallest absolute Gasteiger partial charge is 0.427 e. The minimum atomic E-state index is -1.04. The molecule has 41 heavy (non-hydrogen) atoms. The minimum absolute atomic E-state index is 0.0151. The third-order valence-corrected chi connectivity index (χ3v) is 7.71. The van der Waals surface area contributed by atoms with E-state index in [0.29, 0.717) is 30.9 Å². The molecule has 2 fully saturated rings. The quantitative estimate of drug-likeness (QED) is 0.337. The number of amides is 4. The van der Waals surface area contributed by atoms with Crippen LogP contribution in [0.3, 0.4) is 0 Å². The summed E-state index contributed by atoms with van der Waals surface area (Å²) in [6.45, 7) is 8.10. The van der Waals surface area contributed by atoms with Crippen LogP contribution in [0.15, 0.2) is 48.5 Å². The van der Waals surface area contributed by atoms with Crippen LogP contribution >= 0.6 is 11.6 Å². The van der Waals surface area contributed by atoms with Gasteiger partial charge >= 0.3 is 17.9 Å². The number of imide groups is 1. The highest BCUT2D eigenvalue weighted by Crippen LogP contribution is 2.34. The maximum absolute atomic E-state index is 14.3. The summed E-state index contributed by atoms with van der Waals surface area (Å²) in [4.78, 5) is 53.5. The largest absolute Gasteiger partial charge is 0.456 e. The van der Waals surface area contributed by atoms with Crippen molar-refractivity contribution in [1.82, 2.24) is 10.6 Å². The monoisotopic (exact) mass is 586 g/mol. The highest BCUT2D eigenvalue weighted by Gasteiger charge is 2.54. The molecular weight excluding hydrogens is 550 g/mol. The fraction of sp³-hybridized carbons (Fsp3) is 0.467. The summed E-state index contributed by atoms with van der Waals surface area (Å²) in [5.74, 6) is -0.655. The zero-order valence-electron chi connectivity index (χ0n) is 23.8. The summed E-state index contributed by atoms with van der Waals surface area (Å²) >= 11 is 6.59. The Morgan fingerprint density at radius 3 is 2.39 bits per heavy atom. The van der Waals surface area contributed by atoms with E-state index in [1.54, 1.807) is 37.3 Å². The molecule has 0 aromatic heterocycles. The molecule has 2 aromatic carbocycles. The fourth-order valence-corrected chi connectivity index (χ4v) is 5.40. The Kier molecular flexibility index (Phi) is 9.36. The van der Waals surface area contributed by atoms with Crippen LogP contribution in [0.1, 0.15) is 57.3 Å². The molecule has 0 aliphatic carbocycles. The molecule has 220 valence electrons. The lowest BCUT2D eigenvalue weighted by atomic mass is 9.85. The van der Waals surface area contributed by atoms with Crippen molar-refractivity contribution >= 4 is 35.4 Å². The van der Waals surface area contributed by atoms with Crippen LogP contribution in [0.25, 0.3) is 0 Å². The van der Waals surface area contributed by atoms with Gasteiger partial charge in [-0.1, -0.05) is 56.6 Å². The molecule has 2 heterocycles. The molecule has 2 aromatic rings. The van der Waals surface area contributed by atoms with Gasteiger partial charge in [0.25, 0.3) is 5.91 Å². The van der Waals surface area contributed by atoms with E-state index in [2.05, 4.69) is 10.6 Å². The predicted octanol–water partition coefficient (Wildman–Crippen LogP) is 4.80. The number of carbonyl (C=O) groups is 4. The summed E-state index contributed by atoms with van der Waals surface area (Å²) in [5.41, 5.74) is -0.615. The summed E-state index contributed by atoms with van der Waals surface area (Å²) in [5, 5.41) is 5.69. The lowest BCUT2D eigenvalue weighted by molar-refractivity contribution is -0.761. The van der Waals surface area contributed by atoms with Crippen molar-refractivity contribution in [3.05, 3.63) is 59.1 Å². The first-order chi connectivity index (χ1) is 19.5. The average Bonchev–Trinajstić information content (AvgIpc) is 3.56. The van der Waals surface area contributed by atoms with E-state index in [9.17, 15) is 19.2 Å². The van der Waals surface area contributed by atoms with E-state index in [1.807, 2.05) is 39.0 Å². The topological polar surface area (TPSA) is 120 Å². The van der Waals surface area contributed by atoms with Crippen molar-refractivity contribution < 1.29 is 37.9 Å². The Bertz CT molecular complexity index is 1290. The SMILES string of the molecule is CCO[C@H]1CC(=O)O[C@H]1NC(=O)[N+]1(C(=O)[C@@H](NC(=O)c2cccc(Oc3ccccc3)c2Cl)C(C)(C)C)CCCC1. The van der Waals surface area contributed by atoms with Crippen LogP contribution < -0.4 is 15.4 Å². The first-order valence-electron chi connectivity index (χ1n) is 13.8. The second-order valence-corrected chi connectivity index (χ2v) is 11.7. The summed E-state index contributed by atoms with van der Waals surface area (Å²) in [6, 6.07) is 12.3. The Labute approximate surface area is 244 Å². The van der Waals surface area contributed by atoms with E-state index in [1.165, 1.54) is 0 Å². The number of carbonyl (C=O) groups excluding carboxylic acids is 4. The molecule has 2 saturated heterocycles. The van der Waals surface area contributed by atoms with Gasteiger partial charge in [0.1, 0.15) is 17.6 Å². The summed E-state index contributed by atoms with van der Waals surface area (Å²) in [6.07, 6.45) is -0.324. The molecule has 10 nitrogen and oxygen atoms in total. The molecule has 2 aliphatic heterocycles. The molecule has 3 atom stereocenters. The number of esters is 1. The van der Waals surface area contributed by atoms with Crippen LogP contribution in [-0.4, -0.2) is 66.4 Å². The van der Waals surface area contributed by atoms with Crippen LogP contribution in [0, 0.1) is 5.41 Å². The number of quaternary nitrogens is 1. The molecule has 4 rings (SSSR count). The molecule has 0 spiro atoms. The number of likely N-dealkylation sites (tertiary alicyclic amines) is 1. The van der Waals surface area contributed by atoms with E-state index in [4.69, 9.17) is 25.8 Å². The Morgan fingerprint density at radius 2 is 1.76 bits per heavy atom. The van der Waals surface area contributed by atoms with Crippen LogP contribution in [0.4, 0.5) is 4.79 Å². The van der Waals surface area contributed by atoms with Gasteiger partial charge in [0.2, 0.25) is 6.23 Å². The Morgan fingerprint density at radius 1 is 1.07 bits per heavy atom. The van der Waals surface area contributed by atoms with Gasteiger partial charge in [-0.25, -0.2) is 9.59 Å². The number of ether oxygens (including phenoxy) is 3. The van der Waals surface area contributed by atoms with Gasteiger partial charge in [-0.15, -0.1) is 0 Å². The number of nitrogens with zero attached hydrogens (tertiary/aromatic N) is 1. The number of urea groups is 1. The third-order valence-electron chi connectivity index (χ3n) is 7.32. The maximum atomic E-state index is 14.3. The molecule has 11 heteroatoms. The molecule has 2 aliphatic rings. The molecule has 0 radical (unpaired) electrons. The van der Waals surface area contributed by atoms with Crippen LogP contribution in [0.5, 0.6) is 11.5 Å². The molecule has 2 N–H and O–H groups in total. The van der Waals surface area contributed by atoms with Gasteiger partial charge in [-0.2, -0.15) is 4.48 Å². The molecule has 0 saturated carbocycles.